The average Bonchev–Trinajstić information content (AvgIpc) is 2.70. The summed E-state index contributed by atoms with van der Waals surface area (Å²) in [6.07, 6.45) is 1.63. The van der Waals surface area contributed by atoms with Gasteiger partial charge in [0.25, 0.3) is 0 Å². The molecule has 92 valence electrons. The van der Waals surface area contributed by atoms with E-state index in [1.165, 1.54) is 10.6 Å². The van der Waals surface area contributed by atoms with E-state index in [0.29, 0.717) is 11.6 Å². The van der Waals surface area contributed by atoms with Crippen molar-refractivity contribution in [2.45, 2.75) is 6.92 Å². The van der Waals surface area contributed by atoms with Crippen molar-refractivity contribution < 1.29 is 4.79 Å². The summed E-state index contributed by atoms with van der Waals surface area (Å²) in [6, 6.07) is 3.08. The van der Waals surface area contributed by atoms with Crippen LogP contribution in [0.15, 0.2) is 23.1 Å². The predicted octanol–water partition coefficient (Wildman–Crippen LogP) is 0.179. The van der Waals surface area contributed by atoms with Crippen molar-refractivity contribution in [3.63, 3.8) is 0 Å². The van der Waals surface area contributed by atoms with Crippen LogP contribution in [0.5, 0.6) is 0 Å². The molecular formula is C12H17N3O2. The molecule has 0 radical (unpaired) electrons. The quantitative estimate of drug-likeness (QED) is 0.768. The van der Waals surface area contributed by atoms with Gasteiger partial charge in [0.15, 0.2) is 0 Å². The van der Waals surface area contributed by atoms with Crippen molar-refractivity contribution >= 4 is 11.6 Å². The van der Waals surface area contributed by atoms with E-state index in [9.17, 15) is 9.59 Å². The SMILES string of the molecule is CC1CNCC1C(=O)Nc1ccc(=O)n(C)c1. The lowest BCUT2D eigenvalue weighted by Crippen LogP contribution is -2.28. The van der Waals surface area contributed by atoms with Crippen LogP contribution in [0.3, 0.4) is 0 Å². The van der Waals surface area contributed by atoms with E-state index in [1.54, 1.807) is 19.3 Å². The largest absolute Gasteiger partial charge is 0.324 e. The molecule has 17 heavy (non-hydrogen) atoms. The van der Waals surface area contributed by atoms with Gasteiger partial charge in [0.2, 0.25) is 11.5 Å². The van der Waals surface area contributed by atoms with Crippen molar-refractivity contribution in [1.82, 2.24) is 9.88 Å². The van der Waals surface area contributed by atoms with E-state index in [0.717, 1.165) is 13.1 Å². The van der Waals surface area contributed by atoms with E-state index in [1.807, 2.05) is 0 Å². The van der Waals surface area contributed by atoms with Crippen molar-refractivity contribution in [3.05, 3.63) is 28.7 Å². The second-order valence-corrected chi connectivity index (χ2v) is 4.60. The number of hydrogen-bond donors (Lipinski definition) is 2. The summed E-state index contributed by atoms with van der Waals surface area (Å²) >= 11 is 0. The second kappa shape index (κ2) is 4.71. The molecule has 5 nitrogen and oxygen atoms in total. The van der Waals surface area contributed by atoms with Crippen LogP contribution in [-0.4, -0.2) is 23.6 Å². The van der Waals surface area contributed by atoms with Crippen LogP contribution >= 0.6 is 0 Å². The minimum absolute atomic E-state index is 0.00670. The number of hydrogen-bond acceptors (Lipinski definition) is 3. The van der Waals surface area contributed by atoms with Crippen molar-refractivity contribution in [3.8, 4) is 0 Å². The van der Waals surface area contributed by atoms with E-state index >= 15 is 0 Å². The molecule has 1 aliphatic heterocycles. The molecule has 1 amide bonds. The first-order valence-corrected chi connectivity index (χ1v) is 5.76. The van der Waals surface area contributed by atoms with Crippen molar-refractivity contribution in [2.75, 3.05) is 18.4 Å². The zero-order valence-electron chi connectivity index (χ0n) is 10.1. The van der Waals surface area contributed by atoms with E-state index < -0.39 is 0 Å². The predicted molar refractivity (Wildman–Crippen MR) is 65.8 cm³/mol. The first-order chi connectivity index (χ1) is 8.08. The van der Waals surface area contributed by atoms with Gasteiger partial charge in [-0.2, -0.15) is 0 Å². The lowest BCUT2D eigenvalue weighted by atomic mass is 9.97. The molecule has 0 aliphatic carbocycles. The van der Waals surface area contributed by atoms with Gasteiger partial charge in [0.1, 0.15) is 0 Å². The Kier molecular flexibility index (Phi) is 3.28. The third-order valence-corrected chi connectivity index (χ3v) is 3.21. The van der Waals surface area contributed by atoms with Crippen LogP contribution < -0.4 is 16.2 Å². The Morgan fingerprint density at radius 2 is 2.24 bits per heavy atom. The van der Waals surface area contributed by atoms with E-state index in [-0.39, 0.29) is 17.4 Å². The molecule has 1 aromatic rings. The summed E-state index contributed by atoms with van der Waals surface area (Å²) in [6.45, 7) is 3.66. The maximum Gasteiger partial charge on any atom is 0.250 e. The molecule has 0 saturated carbocycles. The fourth-order valence-electron chi connectivity index (χ4n) is 2.06. The standard InChI is InChI=1S/C12H17N3O2/c1-8-5-13-6-10(8)12(17)14-9-3-4-11(16)15(2)7-9/h3-4,7-8,10,13H,5-6H2,1-2H3,(H,14,17). The molecule has 2 rings (SSSR count). The smallest absolute Gasteiger partial charge is 0.250 e. The third kappa shape index (κ3) is 2.55. The average molecular weight is 235 g/mol. The van der Waals surface area contributed by atoms with Gasteiger partial charge in [0, 0.05) is 25.9 Å². The molecule has 0 spiro atoms. The highest BCUT2D eigenvalue weighted by molar-refractivity contribution is 5.92. The molecule has 2 heterocycles. The first-order valence-electron chi connectivity index (χ1n) is 5.76. The van der Waals surface area contributed by atoms with Gasteiger partial charge in [-0.1, -0.05) is 6.92 Å². The van der Waals surface area contributed by atoms with Gasteiger partial charge >= 0.3 is 0 Å². The number of rotatable bonds is 2. The highest BCUT2D eigenvalue weighted by Gasteiger charge is 2.29. The molecule has 1 saturated heterocycles. The van der Waals surface area contributed by atoms with Gasteiger partial charge in [0.05, 0.1) is 11.6 Å². The number of carbonyl (C=O) groups is 1. The summed E-state index contributed by atoms with van der Waals surface area (Å²) in [7, 11) is 1.66. The van der Waals surface area contributed by atoms with Gasteiger partial charge < -0.3 is 15.2 Å². The summed E-state index contributed by atoms with van der Waals surface area (Å²) in [5.74, 6) is 0.371. The number of amides is 1. The second-order valence-electron chi connectivity index (χ2n) is 4.60. The molecule has 2 atom stereocenters. The molecule has 1 fully saturated rings. The molecule has 0 aromatic carbocycles. The number of nitrogens with zero attached hydrogens (tertiary/aromatic N) is 1. The Balaban J connectivity index is 2.07. The van der Waals surface area contributed by atoms with Crippen molar-refractivity contribution in [2.24, 2.45) is 18.9 Å². The third-order valence-electron chi connectivity index (χ3n) is 3.21. The highest BCUT2D eigenvalue weighted by atomic mass is 16.2. The fraction of sp³-hybridized carbons (Fsp3) is 0.500. The molecule has 1 aromatic heterocycles. The lowest BCUT2D eigenvalue weighted by Gasteiger charge is -2.14. The van der Waals surface area contributed by atoms with Gasteiger partial charge in [-0.15, -0.1) is 0 Å². The summed E-state index contributed by atoms with van der Waals surface area (Å²) in [5, 5.41) is 6.04. The summed E-state index contributed by atoms with van der Waals surface area (Å²) < 4.78 is 1.45. The maximum atomic E-state index is 12.0. The topological polar surface area (TPSA) is 63.1 Å². The normalized spacial score (nSPS) is 23.6. The fourth-order valence-corrected chi connectivity index (χ4v) is 2.06. The monoisotopic (exact) mass is 235 g/mol. The highest BCUT2D eigenvalue weighted by Crippen LogP contribution is 2.17. The van der Waals surface area contributed by atoms with E-state index in [4.69, 9.17) is 0 Å². The zero-order valence-corrected chi connectivity index (χ0v) is 10.1. The van der Waals surface area contributed by atoms with Crippen LogP contribution in [0.2, 0.25) is 0 Å². The van der Waals surface area contributed by atoms with Gasteiger partial charge in [-0.3, -0.25) is 9.59 Å². The Labute approximate surface area is 99.8 Å². The van der Waals surface area contributed by atoms with Crippen molar-refractivity contribution in [1.29, 1.82) is 0 Å². The van der Waals surface area contributed by atoms with Crippen LogP contribution in [0.4, 0.5) is 5.69 Å². The number of nitrogens with one attached hydrogen (secondary N) is 2. The number of aromatic nitrogens is 1. The molecule has 1 aliphatic rings. The van der Waals surface area contributed by atoms with Crippen LogP contribution in [0.25, 0.3) is 0 Å². The zero-order chi connectivity index (χ0) is 12.4. The van der Waals surface area contributed by atoms with E-state index in [2.05, 4.69) is 17.6 Å². The number of pyridine rings is 1. The Bertz CT molecular complexity index is 481. The number of anilines is 1. The first kappa shape index (κ1) is 11.9. The summed E-state index contributed by atoms with van der Waals surface area (Å²) in [4.78, 5) is 23.2. The van der Waals surface area contributed by atoms with Crippen LogP contribution in [0, 0.1) is 11.8 Å². The maximum absolute atomic E-state index is 12.0. The molecule has 0 bridgehead atoms. The minimum atomic E-state index is -0.0844. The number of aryl methyl sites for hydroxylation is 1. The summed E-state index contributed by atoms with van der Waals surface area (Å²) in [5.41, 5.74) is 0.579. The van der Waals surface area contributed by atoms with Crippen LogP contribution in [0.1, 0.15) is 6.92 Å². The van der Waals surface area contributed by atoms with Crippen LogP contribution in [-0.2, 0) is 11.8 Å². The lowest BCUT2D eigenvalue weighted by molar-refractivity contribution is -0.120. The molecule has 2 unspecified atom stereocenters. The molecular weight excluding hydrogens is 218 g/mol. The van der Waals surface area contributed by atoms with Gasteiger partial charge in [-0.25, -0.2) is 0 Å². The minimum Gasteiger partial charge on any atom is -0.324 e. The Hall–Kier alpha value is -1.62. The Morgan fingerprint density at radius 1 is 1.47 bits per heavy atom. The number of carbonyl (C=O) groups excluding carboxylic acids is 1. The Morgan fingerprint density at radius 3 is 2.82 bits per heavy atom. The molecule has 5 heteroatoms. The molecule has 2 N–H and O–H groups in total. The van der Waals surface area contributed by atoms with Gasteiger partial charge in [-0.05, 0) is 18.5 Å².